The van der Waals surface area contributed by atoms with E-state index in [1.807, 2.05) is 30.3 Å². The summed E-state index contributed by atoms with van der Waals surface area (Å²) in [5.74, 6) is -1.11. The molecule has 0 aromatic carbocycles. The van der Waals surface area contributed by atoms with Crippen molar-refractivity contribution in [2.24, 2.45) is 5.92 Å². The number of carboxylic acids is 1. The number of aliphatic carboxylic acids is 1. The van der Waals surface area contributed by atoms with Gasteiger partial charge in [0.25, 0.3) is 0 Å². The van der Waals surface area contributed by atoms with Crippen molar-refractivity contribution < 1.29 is 9.90 Å². The van der Waals surface area contributed by atoms with Crippen molar-refractivity contribution in [3.8, 4) is 0 Å². The fourth-order valence-corrected chi connectivity index (χ4v) is 2.93. The number of pyridine rings is 2. The highest BCUT2D eigenvalue weighted by Crippen LogP contribution is 2.33. The molecule has 3 rings (SSSR count). The molecule has 0 aliphatic carbocycles. The van der Waals surface area contributed by atoms with Crippen LogP contribution in [0.3, 0.4) is 0 Å². The topological polar surface area (TPSA) is 66.3 Å². The zero-order valence-corrected chi connectivity index (χ0v) is 11.6. The van der Waals surface area contributed by atoms with Crippen molar-refractivity contribution in [1.29, 1.82) is 0 Å². The molecule has 108 valence electrons. The molecule has 3 heterocycles. The minimum absolute atomic E-state index is 0.00853. The van der Waals surface area contributed by atoms with E-state index in [1.165, 1.54) is 0 Å². The molecule has 0 saturated carbocycles. The number of hydrogen-bond donors (Lipinski definition) is 1. The minimum atomic E-state index is -0.736. The summed E-state index contributed by atoms with van der Waals surface area (Å²) in [6.07, 6.45) is 5.20. The second-order valence-corrected chi connectivity index (χ2v) is 5.35. The van der Waals surface area contributed by atoms with Gasteiger partial charge in [-0.25, -0.2) is 0 Å². The normalized spacial score (nSPS) is 22.3. The fourth-order valence-electron chi connectivity index (χ4n) is 2.93. The van der Waals surface area contributed by atoms with Gasteiger partial charge in [0.1, 0.15) is 0 Å². The van der Waals surface area contributed by atoms with Gasteiger partial charge in [0, 0.05) is 44.1 Å². The third kappa shape index (κ3) is 3.08. The molecule has 0 unspecified atom stereocenters. The highest BCUT2D eigenvalue weighted by atomic mass is 16.4. The maximum atomic E-state index is 11.5. The average Bonchev–Trinajstić information content (AvgIpc) is 2.93. The third-order valence-corrected chi connectivity index (χ3v) is 3.96. The number of nitrogens with zero attached hydrogens (tertiary/aromatic N) is 3. The maximum absolute atomic E-state index is 11.5. The largest absolute Gasteiger partial charge is 0.481 e. The zero-order chi connectivity index (χ0) is 14.7. The highest BCUT2D eigenvalue weighted by Gasteiger charge is 2.38. The van der Waals surface area contributed by atoms with Crippen LogP contribution in [0.1, 0.15) is 17.2 Å². The standard InChI is InChI=1S/C16H17N3O2/c20-16(21)15-11-19(9-13-3-1-2-6-18-13)10-14(15)12-4-7-17-8-5-12/h1-8,14-15H,9-11H2,(H,20,21)/t14-,15+/m0/s1. The Morgan fingerprint density at radius 3 is 2.67 bits per heavy atom. The summed E-state index contributed by atoms with van der Waals surface area (Å²) < 4.78 is 0. The van der Waals surface area contributed by atoms with Crippen LogP contribution in [0.25, 0.3) is 0 Å². The van der Waals surface area contributed by atoms with Gasteiger partial charge in [0.15, 0.2) is 0 Å². The molecule has 1 aliphatic heterocycles. The number of aromatic nitrogens is 2. The Bertz CT molecular complexity index is 603. The summed E-state index contributed by atoms with van der Waals surface area (Å²) in [7, 11) is 0. The third-order valence-electron chi connectivity index (χ3n) is 3.96. The number of carboxylic acid groups (broad SMARTS) is 1. The number of carbonyl (C=O) groups is 1. The van der Waals surface area contributed by atoms with E-state index in [4.69, 9.17) is 0 Å². The van der Waals surface area contributed by atoms with Crippen LogP contribution in [0.4, 0.5) is 0 Å². The molecule has 0 amide bonds. The summed E-state index contributed by atoms with van der Waals surface area (Å²) in [4.78, 5) is 22.0. The molecule has 5 heteroatoms. The summed E-state index contributed by atoms with van der Waals surface area (Å²) in [5, 5.41) is 9.47. The molecule has 1 N–H and O–H groups in total. The zero-order valence-electron chi connectivity index (χ0n) is 11.6. The Labute approximate surface area is 123 Å². The van der Waals surface area contributed by atoms with Crippen molar-refractivity contribution in [2.75, 3.05) is 13.1 Å². The first-order valence-corrected chi connectivity index (χ1v) is 6.99. The predicted octanol–water partition coefficient (Wildman–Crippen LogP) is 1.78. The lowest BCUT2D eigenvalue weighted by atomic mass is 9.90. The van der Waals surface area contributed by atoms with Gasteiger partial charge in [-0.2, -0.15) is 0 Å². The van der Waals surface area contributed by atoms with E-state index < -0.39 is 5.97 Å². The van der Waals surface area contributed by atoms with Gasteiger partial charge in [-0.1, -0.05) is 6.07 Å². The smallest absolute Gasteiger partial charge is 0.308 e. The van der Waals surface area contributed by atoms with Gasteiger partial charge in [0.2, 0.25) is 0 Å². The molecule has 0 radical (unpaired) electrons. The molecular weight excluding hydrogens is 266 g/mol. The monoisotopic (exact) mass is 283 g/mol. The number of likely N-dealkylation sites (tertiary alicyclic amines) is 1. The predicted molar refractivity (Wildman–Crippen MR) is 77.6 cm³/mol. The molecule has 2 atom stereocenters. The number of rotatable bonds is 4. The quantitative estimate of drug-likeness (QED) is 0.926. The van der Waals surface area contributed by atoms with Gasteiger partial charge in [-0.3, -0.25) is 19.7 Å². The van der Waals surface area contributed by atoms with E-state index in [2.05, 4.69) is 14.9 Å². The van der Waals surface area contributed by atoms with Crippen LogP contribution in [-0.2, 0) is 11.3 Å². The van der Waals surface area contributed by atoms with Crippen molar-refractivity contribution in [3.63, 3.8) is 0 Å². The molecule has 1 aliphatic rings. The molecule has 0 bridgehead atoms. The van der Waals surface area contributed by atoms with E-state index in [-0.39, 0.29) is 11.8 Å². The Kier molecular flexibility index (Phi) is 3.92. The lowest BCUT2D eigenvalue weighted by molar-refractivity contribution is -0.141. The molecule has 1 fully saturated rings. The van der Waals surface area contributed by atoms with E-state index >= 15 is 0 Å². The molecule has 1 saturated heterocycles. The van der Waals surface area contributed by atoms with Crippen LogP contribution in [-0.4, -0.2) is 39.0 Å². The minimum Gasteiger partial charge on any atom is -0.481 e. The second kappa shape index (κ2) is 6.01. The van der Waals surface area contributed by atoms with Crippen LogP contribution in [0.2, 0.25) is 0 Å². The van der Waals surface area contributed by atoms with Gasteiger partial charge >= 0.3 is 5.97 Å². The van der Waals surface area contributed by atoms with E-state index in [0.29, 0.717) is 13.1 Å². The average molecular weight is 283 g/mol. The first-order valence-electron chi connectivity index (χ1n) is 6.99. The Balaban J connectivity index is 1.77. The Hall–Kier alpha value is -2.27. The molecule has 2 aromatic rings. The summed E-state index contributed by atoms with van der Waals surface area (Å²) >= 11 is 0. The van der Waals surface area contributed by atoms with E-state index in [1.54, 1.807) is 18.6 Å². The van der Waals surface area contributed by atoms with E-state index in [9.17, 15) is 9.90 Å². The Morgan fingerprint density at radius 2 is 2.00 bits per heavy atom. The van der Waals surface area contributed by atoms with E-state index in [0.717, 1.165) is 17.8 Å². The van der Waals surface area contributed by atoms with Crippen molar-refractivity contribution in [3.05, 3.63) is 60.2 Å². The van der Waals surface area contributed by atoms with Crippen molar-refractivity contribution in [1.82, 2.24) is 14.9 Å². The summed E-state index contributed by atoms with van der Waals surface area (Å²) in [6.45, 7) is 1.97. The first-order chi connectivity index (χ1) is 10.2. The fraction of sp³-hybridized carbons (Fsp3) is 0.312. The highest BCUT2D eigenvalue weighted by molar-refractivity contribution is 5.72. The molecule has 2 aromatic heterocycles. The van der Waals surface area contributed by atoms with Crippen LogP contribution < -0.4 is 0 Å². The van der Waals surface area contributed by atoms with Crippen LogP contribution >= 0.6 is 0 Å². The second-order valence-electron chi connectivity index (χ2n) is 5.35. The van der Waals surface area contributed by atoms with Crippen LogP contribution in [0, 0.1) is 5.92 Å². The van der Waals surface area contributed by atoms with Crippen molar-refractivity contribution >= 4 is 5.97 Å². The maximum Gasteiger partial charge on any atom is 0.308 e. The lowest BCUT2D eigenvalue weighted by Gasteiger charge is -2.15. The van der Waals surface area contributed by atoms with Crippen molar-refractivity contribution in [2.45, 2.75) is 12.5 Å². The summed E-state index contributed by atoms with van der Waals surface area (Å²) in [5.41, 5.74) is 2.01. The SMILES string of the molecule is O=C(O)[C@@H]1CN(Cc2ccccn2)C[C@H]1c1ccncc1. The van der Waals surface area contributed by atoms with Crippen LogP contribution in [0.5, 0.6) is 0 Å². The molecule has 0 spiro atoms. The molecular formula is C16H17N3O2. The van der Waals surface area contributed by atoms with Crippen LogP contribution in [0.15, 0.2) is 48.9 Å². The Morgan fingerprint density at radius 1 is 1.19 bits per heavy atom. The molecule has 21 heavy (non-hydrogen) atoms. The lowest BCUT2D eigenvalue weighted by Crippen LogP contribution is -2.23. The summed E-state index contributed by atoms with van der Waals surface area (Å²) in [6, 6.07) is 9.62. The first kappa shape index (κ1) is 13.7. The van der Waals surface area contributed by atoms with Gasteiger partial charge in [0.05, 0.1) is 11.6 Å². The van der Waals surface area contributed by atoms with Gasteiger partial charge < -0.3 is 5.11 Å². The number of hydrogen-bond acceptors (Lipinski definition) is 4. The molecule has 5 nitrogen and oxygen atoms in total. The van der Waals surface area contributed by atoms with Gasteiger partial charge in [-0.05, 0) is 29.8 Å². The van der Waals surface area contributed by atoms with Gasteiger partial charge in [-0.15, -0.1) is 0 Å².